The second-order valence-corrected chi connectivity index (χ2v) is 7.33. The fourth-order valence-electron chi connectivity index (χ4n) is 2.67. The van der Waals surface area contributed by atoms with Crippen LogP contribution in [-0.2, 0) is 9.53 Å². The minimum absolute atomic E-state index is 0.232. The topological polar surface area (TPSA) is 67.9 Å². The van der Waals surface area contributed by atoms with Gasteiger partial charge in [-0.15, -0.1) is 13.2 Å². The summed E-state index contributed by atoms with van der Waals surface area (Å²) in [6.45, 7) is 6.06. The first-order valence-corrected chi connectivity index (χ1v) is 8.57. The van der Waals surface area contributed by atoms with E-state index in [1.165, 1.54) is 17.0 Å². The number of hydrogen-bond donors (Lipinski definition) is 1. The molecule has 2 rings (SSSR count). The van der Waals surface area contributed by atoms with Crippen LogP contribution in [0.2, 0.25) is 0 Å². The van der Waals surface area contributed by atoms with Crippen molar-refractivity contribution in [1.82, 2.24) is 4.90 Å². The van der Waals surface area contributed by atoms with E-state index >= 15 is 0 Å². The molecule has 0 radical (unpaired) electrons. The molecule has 1 N–H and O–H groups in total. The summed E-state index contributed by atoms with van der Waals surface area (Å²) in [7, 11) is 0. The number of nitrogens with zero attached hydrogens (tertiary/aromatic N) is 1. The highest BCUT2D eigenvalue weighted by Crippen LogP contribution is 2.25. The Morgan fingerprint density at radius 1 is 1.15 bits per heavy atom. The molecule has 150 valence electrons. The van der Waals surface area contributed by atoms with E-state index in [1.807, 2.05) is 0 Å². The highest BCUT2D eigenvalue weighted by Gasteiger charge is 2.32. The smallest absolute Gasteiger partial charge is 0.444 e. The number of carbonyl (C=O) groups excluding carboxylic acids is 2. The van der Waals surface area contributed by atoms with Gasteiger partial charge in [0.1, 0.15) is 11.4 Å². The molecule has 1 atom stereocenters. The Morgan fingerprint density at radius 3 is 2.33 bits per heavy atom. The van der Waals surface area contributed by atoms with Gasteiger partial charge >= 0.3 is 12.5 Å². The molecule has 6 nitrogen and oxygen atoms in total. The lowest BCUT2D eigenvalue weighted by Gasteiger charge is -2.33. The Labute approximate surface area is 155 Å². The molecule has 1 aromatic carbocycles. The van der Waals surface area contributed by atoms with Crippen molar-refractivity contribution in [1.29, 1.82) is 0 Å². The van der Waals surface area contributed by atoms with Crippen LogP contribution in [-0.4, -0.2) is 42.0 Å². The predicted octanol–water partition coefficient (Wildman–Crippen LogP) is 4.17. The van der Waals surface area contributed by atoms with Gasteiger partial charge in [-0.3, -0.25) is 4.79 Å². The highest BCUT2D eigenvalue weighted by molar-refractivity contribution is 5.93. The molecule has 1 aliphatic heterocycles. The molecule has 0 bridgehead atoms. The minimum Gasteiger partial charge on any atom is -0.444 e. The summed E-state index contributed by atoms with van der Waals surface area (Å²) in [6.07, 6.45) is -3.96. The molecule has 1 fully saturated rings. The number of likely N-dealkylation sites (tertiary alicyclic amines) is 1. The lowest BCUT2D eigenvalue weighted by molar-refractivity contribution is -0.274. The first-order chi connectivity index (χ1) is 12.4. The number of nitrogens with one attached hydrogen (secondary N) is 1. The van der Waals surface area contributed by atoms with Crippen LogP contribution in [0.15, 0.2) is 24.3 Å². The van der Waals surface area contributed by atoms with Gasteiger partial charge in [0.15, 0.2) is 0 Å². The van der Waals surface area contributed by atoms with Crippen LogP contribution in [0.4, 0.5) is 23.7 Å². The summed E-state index contributed by atoms with van der Waals surface area (Å²) in [4.78, 5) is 26.1. The second-order valence-electron chi connectivity index (χ2n) is 7.33. The zero-order valence-electron chi connectivity index (χ0n) is 15.4. The predicted molar refractivity (Wildman–Crippen MR) is 92.3 cm³/mol. The first kappa shape index (κ1) is 20.9. The van der Waals surface area contributed by atoms with E-state index in [2.05, 4.69) is 10.1 Å². The number of amides is 2. The van der Waals surface area contributed by atoms with Crippen molar-refractivity contribution in [3.05, 3.63) is 24.3 Å². The van der Waals surface area contributed by atoms with Crippen LogP contribution in [0.25, 0.3) is 0 Å². The van der Waals surface area contributed by atoms with Crippen molar-refractivity contribution in [2.45, 2.75) is 45.6 Å². The van der Waals surface area contributed by atoms with Gasteiger partial charge in [0, 0.05) is 18.8 Å². The maximum Gasteiger partial charge on any atom is 0.573 e. The average molecular weight is 388 g/mol. The van der Waals surface area contributed by atoms with E-state index in [9.17, 15) is 22.8 Å². The Kier molecular flexibility index (Phi) is 6.22. The third kappa shape index (κ3) is 6.99. The largest absolute Gasteiger partial charge is 0.573 e. The number of carbonyl (C=O) groups is 2. The number of alkyl halides is 3. The van der Waals surface area contributed by atoms with E-state index in [1.54, 1.807) is 20.8 Å². The fraction of sp³-hybridized carbons (Fsp3) is 0.556. The maximum absolute atomic E-state index is 12.4. The van der Waals surface area contributed by atoms with Crippen molar-refractivity contribution < 1.29 is 32.2 Å². The van der Waals surface area contributed by atoms with E-state index in [4.69, 9.17) is 4.74 Å². The lowest BCUT2D eigenvalue weighted by atomic mass is 9.97. The molecule has 0 aromatic heterocycles. The zero-order chi connectivity index (χ0) is 20.2. The molecular formula is C18H23F3N2O4. The van der Waals surface area contributed by atoms with Gasteiger partial charge in [0.05, 0.1) is 5.92 Å². The SMILES string of the molecule is CC(C)(C)OC(=O)N1CCCC(C(=O)Nc2ccc(OC(F)(F)F)cc2)C1. The number of hydrogen-bond acceptors (Lipinski definition) is 4. The van der Waals surface area contributed by atoms with Crippen molar-refractivity contribution in [3.8, 4) is 5.75 Å². The minimum atomic E-state index is -4.77. The Bertz CT molecular complexity index is 669. The van der Waals surface area contributed by atoms with Gasteiger partial charge in [-0.05, 0) is 57.9 Å². The van der Waals surface area contributed by atoms with Crippen LogP contribution in [0.1, 0.15) is 33.6 Å². The molecular weight excluding hydrogens is 365 g/mol. The van der Waals surface area contributed by atoms with Crippen LogP contribution >= 0.6 is 0 Å². The van der Waals surface area contributed by atoms with E-state index in [0.29, 0.717) is 25.1 Å². The molecule has 1 heterocycles. The summed E-state index contributed by atoms with van der Waals surface area (Å²) in [5.74, 6) is -1.08. The molecule has 9 heteroatoms. The Morgan fingerprint density at radius 2 is 1.78 bits per heavy atom. The highest BCUT2D eigenvalue weighted by atomic mass is 19.4. The first-order valence-electron chi connectivity index (χ1n) is 8.57. The number of halogens is 3. The molecule has 27 heavy (non-hydrogen) atoms. The van der Waals surface area contributed by atoms with Gasteiger partial charge in [0.25, 0.3) is 0 Å². The maximum atomic E-state index is 12.4. The number of benzene rings is 1. The number of rotatable bonds is 3. The molecule has 0 spiro atoms. The average Bonchev–Trinajstić information content (AvgIpc) is 2.54. The quantitative estimate of drug-likeness (QED) is 0.844. The summed E-state index contributed by atoms with van der Waals surface area (Å²) in [5, 5.41) is 2.65. The van der Waals surface area contributed by atoms with Crippen LogP contribution in [0, 0.1) is 5.92 Å². The molecule has 1 aliphatic rings. The van der Waals surface area contributed by atoms with E-state index < -0.39 is 24.0 Å². The van der Waals surface area contributed by atoms with Gasteiger partial charge < -0.3 is 19.7 Å². The number of piperidine rings is 1. The molecule has 1 saturated heterocycles. The molecule has 2 amide bonds. The lowest BCUT2D eigenvalue weighted by Crippen LogP contribution is -2.45. The van der Waals surface area contributed by atoms with Crippen LogP contribution < -0.4 is 10.1 Å². The van der Waals surface area contributed by atoms with Gasteiger partial charge in [0.2, 0.25) is 5.91 Å². The monoisotopic (exact) mass is 388 g/mol. The van der Waals surface area contributed by atoms with Crippen molar-refractivity contribution in [2.75, 3.05) is 18.4 Å². The summed E-state index contributed by atoms with van der Waals surface area (Å²) >= 11 is 0. The summed E-state index contributed by atoms with van der Waals surface area (Å²) in [6, 6.07) is 4.90. The Hall–Kier alpha value is -2.45. The summed E-state index contributed by atoms with van der Waals surface area (Å²) in [5.41, 5.74) is -0.268. The second kappa shape index (κ2) is 8.06. The van der Waals surface area contributed by atoms with Crippen molar-refractivity contribution in [3.63, 3.8) is 0 Å². The normalized spacial score (nSPS) is 18.0. The van der Waals surface area contributed by atoms with Gasteiger partial charge in [-0.2, -0.15) is 0 Å². The van der Waals surface area contributed by atoms with Crippen LogP contribution in [0.3, 0.4) is 0 Å². The molecule has 1 aromatic rings. The molecule has 1 unspecified atom stereocenters. The standard InChI is InChI=1S/C18H23F3N2O4/c1-17(2,3)27-16(25)23-10-4-5-12(11-23)15(24)22-13-6-8-14(9-7-13)26-18(19,20)21/h6-9,12H,4-5,10-11H2,1-3H3,(H,22,24). The zero-order valence-corrected chi connectivity index (χ0v) is 15.4. The van der Waals surface area contributed by atoms with E-state index in [0.717, 1.165) is 12.1 Å². The fourth-order valence-corrected chi connectivity index (χ4v) is 2.67. The third-order valence-corrected chi connectivity index (χ3v) is 3.80. The van der Waals surface area contributed by atoms with Gasteiger partial charge in [-0.1, -0.05) is 0 Å². The number of anilines is 1. The molecule has 0 saturated carbocycles. The van der Waals surface area contributed by atoms with Crippen molar-refractivity contribution in [2.24, 2.45) is 5.92 Å². The number of ether oxygens (including phenoxy) is 2. The van der Waals surface area contributed by atoms with Gasteiger partial charge in [-0.25, -0.2) is 4.79 Å². The molecule has 0 aliphatic carbocycles. The van der Waals surface area contributed by atoms with Crippen molar-refractivity contribution >= 4 is 17.7 Å². The Balaban J connectivity index is 1.92. The van der Waals surface area contributed by atoms with E-state index in [-0.39, 0.29) is 18.2 Å². The third-order valence-electron chi connectivity index (χ3n) is 3.80. The summed E-state index contributed by atoms with van der Waals surface area (Å²) < 4.78 is 45.6. The van der Waals surface area contributed by atoms with Crippen LogP contribution in [0.5, 0.6) is 5.75 Å².